The van der Waals surface area contributed by atoms with Crippen molar-refractivity contribution in [3.8, 4) is 0 Å². The van der Waals surface area contributed by atoms with Gasteiger partial charge in [-0.25, -0.2) is 0 Å². The molecule has 5 nitrogen and oxygen atoms in total. The van der Waals surface area contributed by atoms with Gasteiger partial charge in [-0.3, -0.25) is 19.3 Å². The summed E-state index contributed by atoms with van der Waals surface area (Å²) in [6.45, 7) is 0.291. The van der Waals surface area contributed by atoms with Crippen molar-refractivity contribution >= 4 is 17.7 Å². The largest absolute Gasteiger partial charge is 0.354 e. The molecule has 1 atom stereocenters. The Labute approximate surface area is 152 Å². The van der Waals surface area contributed by atoms with E-state index in [4.69, 9.17) is 0 Å². The summed E-state index contributed by atoms with van der Waals surface area (Å²) in [7, 11) is 0. The molecule has 1 aliphatic carbocycles. The molecule has 0 saturated carbocycles. The van der Waals surface area contributed by atoms with Crippen molar-refractivity contribution in [1.29, 1.82) is 0 Å². The fraction of sp³-hybridized carbons (Fsp3) is 0.286. The Bertz CT molecular complexity index is 855. The first-order valence-corrected chi connectivity index (χ1v) is 8.95. The molecule has 0 bridgehead atoms. The highest BCUT2D eigenvalue weighted by atomic mass is 16.2. The van der Waals surface area contributed by atoms with E-state index in [2.05, 4.69) is 17.4 Å². The number of hydrogen-bond donors (Lipinski definition) is 1. The van der Waals surface area contributed by atoms with E-state index in [-0.39, 0.29) is 18.4 Å². The van der Waals surface area contributed by atoms with Crippen LogP contribution in [0.25, 0.3) is 0 Å². The number of nitrogens with zero attached hydrogens (tertiary/aromatic N) is 1. The van der Waals surface area contributed by atoms with Crippen LogP contribution in [0.3, 0.4) is 0 Å². The van der Waals surface area contributed by atoms with E-state index in [1.165, 1.54) is 11.1 Å². The highest BCUT2D eigenvalue weighted by Gasteiger charge is 2.36. The lowest BCUT2D eigenvalue weighted by atomic mass is 9.83. The van der Waals surface area contributed by atoms with Crippen molar-refractivity contribution in [3.05, 3.63) is 70.8 Å². The van der Waals surface area contributed by atoms with Gasteiger partial charge in [0.05, 0.1) is 11.1 Å². The van der Waals surface area contributed by atoms with Gasteiger partial charge in [-0.05, 0) is 42.5 Å². The van der Waals surface area contributed by atoms with Gasteiger partial charge in [0.15, 0.2) is 0 Å². The minimum atomic E-state index is -0.399. The summed E-state index contributed by atoms with van der Waals surface area (Å²) in [6.07, 6.45) is 3.22. The van der Waals surface area contributed by atoms with E-state index >= 15 is 0 Å². The van der Waals surface area contributed by atoms with E-state index in [1.54, 1.807) is 24.3 Å². The summed E-state index contributed by atoms with van der Waals surface area (Å²) in [5.74, 6) is -0.818. The smallest absolute Gasteiger partial charge is 0.262 e. The average molecular weight is 348 g/mol. The third kappa shape index (κ3) is 2.90. The summed E-state index contributed by atoms with van der Waals surface area (Å²) in [6, 6.07) is 15.0. The number of imide groups is 1. The molecule has 2 aromatic carbocycles. The number of rotatable bonds is 4. The Morgan fingerprint density at radius 2 is 1.65 bits per heavy atom. The topological polar surface area (TPSA) is 66.5 Å². The fourth-order valence-corrected chi connectivity index (χ4v) is 3.89. The Balaban J connectivity index is 1.39. The molecular weight excluding hydrogens is 328 g/mol. The molecule has 0 spiro atoms. The Hall–Kier alpha value is -2.95. The minimum Gasteiger partial charge on any atom is -0.354 e. The van der Waals surface area contributed by atoms with Gasteiger partial charge in [0.1, 0.15) is 6.54 Å². The Morgan fingerprint density at radius 1 is 1.00 bits per heavy atom. The molecule has 0 radical (unpaired) electrons. The number of nitrogens with one attached hydrogen (secondary N) is 1. The average Bonchev–Trinajstić information content (AvgIpc) is 2.91. The Morgan fingerprint density at radius 3 is 2.38 bits per heavy atom. The van der Waals surface area contributed by atoms with E-state index in [0.717, 1.165) is 24.2 Å². The molecule has 2 aliphatic rings. The van der Waals surface area contributed by atoms with Crippen LogP contribution in [0.15, 0.2) is 48.5 Å². The van der Waals surface area contributed by atoms with Crippen LogP contribution in [-0.2, 0) is 11.2 Å². The predicted molar refractivity (Wildman–Crippen MR) is 96.9 cm³/mol. The van der Waals surface area contributed by atoms with Crippen LogP contribution in [0.5, 0.6) is 0 Å². The van der Waals surface area contributed by atoms with Crippen LogP contribution in [0.2, 0.25) is 0 Å². The van der Waals surface area contributed by atoms with E-state index in [0.29, 0.717) is 17.7 Å². The van der Waals surface area contributed by atoms with Crippen molar-refractivity contribution in [2.75, 3.05) is 13.1 Å². The van der Waals surface area contributed by atoms with Crippen molar-refractivity contribution in [3.63, 3.8) is 0 Å². The molecule has 26 heavy (non-hydrogen) atoms. The van der Waals surface area contributed by atoms with E-state index < -0.39 is 11.8 Å². The van der Waals surface area contributed by atoms with Crippen LogP contribution in [-0.4, -0.2) is 35.7 Å². The number of carbonyl (C=O) groups excluding carboxylic acids is 3. The van der Waals surface area contributed by atoms with Crippen LogP contribution < -0.4 is 5.32 Å². The first-order chi connectivity index (χ1) is 12.6. The zero-order valence-corrected chi connectivity index (χ0v) is 14.4. The number of aryl methyl sites for hydroxylation is 1. The SMILES string of the molecule is O=C(CN1C(=O)c2ccccc2C1=O)NCC1CCCc2ccccc21. The second-order valence-electron chi connectivity index (χ2n) is 6.83. The molecule has 0 fully saturated rings. The number of hydrogen-bond acceptors (Lipinski definition) is 3. The Kier molecular flexibility index (Phi) is 4.29. The summed E-state index contributed by atoms with van der Waals surface area (Å²) in [5, 5.41) is 2.90. The second-order valence-corrected chi connectivity index (χ2v) is 6.83. The first-order valence-electron chi connectivity index (χ1n) is 8.95. The summed E-state index contributed by atoms with van der Waals surface area (Å²) in [5.41, 5.74) is 3.37. The molecule has 2 aromatic rings. The number of fused-ring (bicyclic) bond motifs is 2. The third-order valence-electron chi connectivity index (χ3n) is 5.22. The number of benzene rings is 2. The van der Waals surface area contributed by atoms with Gasteiger partial charge >= 0.3 is 0 Å². The van der Waals surface area contributed by atoms with Gasteiger partial charge < -0.3 is 5.32 Å². The molecule has 0 saturated heterocycles. The van der Waals surface area contributed by atoms with Gasteiger partial charge in [-0.2, -0.15) is 0 Å². The molecule has 1 aliphatic heterocycles. The van der Waals surface area contributed by atoms with Crippen LogP contribution in [0.4, 0.5) is 0 Å². The standard InChI is InChI=1S/C21H20N2O3/c24-19(13-23-20(25)17-10-3-4-11-18(17)21(23)26)22-12-15-8-5-7-14-6-1-2-9-16(14)15/h1-4,6,9-11,15H,5,7-8,12-13H2,(H,22,24). The molecule has 1 unspecified atom stereocenters. The molecular formula is C21H20N2O3. The number of amides is 3. The maximum atomic E-state index is 12.3. The maximum absolute atomic E-state index is 12.3. The predicted octanol–water partition coefficient (Wildman–Crippen LogP) is 2.52. The first kappa shape index (κ1) is 16.5. The highest BCUT2D eigenvalue weighted by molar-refractivity contribution is 6.22. The molecule has 4 rings (SSSR count). The fourth-order valence-electron chi connectivity index (χ4n) is 3.89. The zero-order chi connectivity index (χ0) is 18.1. The summed E-state index contributed by atoms with van der Waals surface area (Å²) < 4.78 is 0. The van der Waals surface area contributed by atoms with Gasteiger partial charge in [0.25, 0.3) is 11.8 Å². The molecule has 132 valence electrons. The van der Waals surface area contributed by atoms with E-state index in [1.807, 2.05) is 12.1 Å². The van der Waals surface area contributed by atoms with Gasteiger partial charge in [0.2, 0.25) is 5.91 Å². The quantitative estimate of drug-likeness (QED) is 0.864. The summed E-state index contributed by atoms with van der Waals surface area (Å²) in [4.78, 5) is 38.0. The van der Waals surface area contributed by atoms with Gasteiger partial charge in [-0.15, -0.1) is 0 Å². The molecule has 3 amide bonds. The molecule has 1 N–H and O–H groups in total. The normalized spacial score (nSPS) is 18.5. The lowest BCUT2D eigenvalue weighted by molar-refractivity contribution is -0.121. The van der Waals surface area contributed by atoms with E-state index in [9.17, 15) is 14.4 Å². The monoisotopic (exact) mass is 348 g/mol. The lowest BCUT2D eigenvalue weighted by Gasteiger charge is -2.26. The molecule has 5 heteroatoms. The highest BCUT2D eigenvalue weighted by Crippen LogP contribution is 2.30. The second kappa shape index (κ2) is 6.75. The third-order valence-corrected chi connectivity index (χ3v) is 5.22. The van der Waals surface area contributed by atoms with Crippen LogP contribution in [0.1, 0.15) is 50.6 Å². The van der Waals surface area contributed by atoms with Crippen molar-refractivity contribution in [2.24, 2.45) is 0 Å². The van der Waals surface area contributed by atoms with Gasteiger partial charge in [0, 0.05) is 12.5 Å². The van der Waals surface area contributed by atoms with Crippen LogP contribution >= 0.6 is 0 Å². The minimum absolute atomic E-state index is 0.235. The van der Waals surface area contributed by atoms with Crippen molar-refractivity contribution in [2.45, 2.75) is 25.2 Å². The van der Waals surface area contributed by atoms with Crippen molar-refractivity contribution < 1.29 is 14.4 Å². The maximum Gasteiger partial charge on any atom is 0.262 e. The molecule has 0 aromatic heterocycles. The number of carbonyl (C=O) groups is 3. The van der Waals surface area contributed by atoms with Gasteiger partial charge in [-0.1, -0.05) is 36.4 Å². The molecule has 1 heterocycles. The summed E-state index contributed by atoms with van der Waals surface area (Å²) >= 11 is 0. The zero-order valence-electron chi connectivity index (χ0n) is 14.4. The van der Waals surface area contributed by atoms with Crippen LogP contribution in [0, 0.1) is 0 Å². The lowest BCUT2D eigenvalue weighted by Crippen LogP contribution is -2.41. The van der Waals surface area contributed by atoms with Crippen molar-refractivity contribution in [1.82, 2.24) is 10.2 Å².